The van der Waals surface area contributed by atoms with E-state index in [0.29, 0.717) is 5.92 Å². The summed E-state index contributed by atoms with van der Waals surface area (Å²) in [5.74, 6) is 1.79. The molecule has 1 aliphatic rings. The molecule has 0 fully saturated rings. The van der Waals surface area contributed by atoms with E-state index in [1.165, 1.54) is 29.1 Å². The van der Waals surface area contributed by atoms with Crippen molar-refractivity contribution >= 4 is 23.4 Å². The van der Waals surface area contributed by atoms with Crippen molar-refractivity contribution in [3.63, 3.8) is 0 Å². The van der Waals surface area contributed by atoms with E-state index in [1.54, 1.807) is 0 Å². The normalized spacial score (nSPS) is 20.8. The molecule has 1 aromatic carbocycles. The number of benzene rings is 1. The standard InChI is InChI=1S/C12H16ClNS/c13-11-5-1-4-10-9(6-7-14)3-2-8-15-12(10)11/h1,4-5,9H,2-3,6-8,14H2. The van der Waals surface area contributed by atoms with Gasteiger partial charge in [-0.2, -0.15) is 0 Å². The molecule has 0 bridgehead atoms. The summed E-state index contributed by atoms with van der Waals surface area (Å²) in [7, 11) is 0. The quantitative estimate of drug-likeness (QED) is 0.855. The van der Waals surface area contributed by atoms with Crippen LogP contribution in [-0.4, -0.2) is 12.3 Å². The Balaban J connectivity index is 2.36. The first-order valence-corrected chi connectivity index (χ1v) is 6.80. The molecule has 15 heavy (non-hydrogen) atoms. The molecule has 0 saturated heterocycles. The molecule has 0 spiro atoms. The average Bonchev–Trinajstić information content (AvgIpc) is 2.43. The van der Waals surface area contributed by atoms with Gasteiger partial charge in [0.15, 0.2) is 0 Å². The minimum atomic E-state index is 0.610. The molecule has 1 unspecified atom stereocenters. The van der Waals surface area contributed by atoms with Crippen molar-refractivity contribution in [2.75, 3.05) is 12.3 Å². The molecule has 2 rings (SSSR count). The average molecular weight is 242 g/mol. The number of rotatable bonds is 2. The highest BCUT2D eigenvalue weighted by molar-refractivity contribution is 7.99. The van der Waals surface area contributed by atoms with E-state index < -0.39 is 0 Å². The van der Waals surface area contributed by atoms with E-state index in [1.807, 2.05) is 17.8 Å². The van der Waals surface area contributed by atoms with Crippen molar-refractivity contribution in [1.82, 2.24) is 0 Å². The largest absolute Gasteiger partial charge is 0.330 e. The predicted octanol–water partition coefficient (Wildman–Crippen LogP) is 3.66. The first kappa shape index (κ1) is 11.3. The third-order valence-electron chi connectivity index (χ3n) is 2.90. The molecule has 1 nitrogen and oxygen atoms in total. The third-order valence-corrected chi connectivity index (χ3v) is 4.56. The highest BCUT2D eigenvalue weighted by atomic mass is 35.5. The van der Waals surface area contributed by atoms with Crippen molar-refractivity contribution in [1.29, 1.82) is 0 Å². The van der Waals surface area contributed by atoms with Crippen molar-refractivity contribution in [3.8, 4) is 0 Å². The zero-order chi connectivity index (χ0) is 10.7. The number of hydrogen-bond acceptors (Lipinski definition) is 2. The molecule has 82 valence electrons. The summed E-state index contributed by atoms with van der Waals surface area (Å²) in [5, 5.41) is 0.904. The van der Waals surface area contributed by atoms with Gasteiger partial charge in [0.25, 0.3) is 0 Å². The fraction of sp³-hybridized carbons (Fsp3) is 0.500. The van der Waals surface area contributed by atoms with E-state index in [-0.39, 0.29) is 0 Å². The molecule has 0 aromatic heterocycles. The molecule has 0 aliphatic carbocycles. The molecule has 0 saturated carbocycles. The van der Waals surface area contributed by atoms with Gasteiger partial charge in [0.1, 0.15) is 0 Å². The Morgan fingerprint density at radius 2 is 2.33 bits per heavy atom. The zero-order valence-electron chi connectivity index (χ0n) is 8.71. The van der Waals surface area contributed by atoms with Crippen molar-refractivity contribution in [2.24, 2.45) is 5.73 Å². The van der Waals surface area contributed by atoms with Gasteiger partial charge in [0, 0.05) is 4.90 Å². The molecule has 1 heterocycles. The Morgan fingerprint density at radius 1 is 1.47 bits per heavy atom. The lowest BCUT2D eigenvalue weighted by Gasteiger charge is -2.16. The molecule has 1 aliphatic heterocycles. The first-order valence-electron chi connectivity index (χ1n) is 5.44. The van der Waals surface area contributed by atoms with Crippen molar-refractivity contribution in [3.05, 3.63) is 28.8 Å². The first-order chi connectivity index (χ1) is 7.33. The number of thioether (sulfide) groups is 1. The Labute approximate surface area is 100 Å². The van der Waals surface area contributed by atoms with E-state index in [2.05, 4.69) is 12.1 Å². The fourth-order valence-corrected chi connectivity index (χ4v) is 3.63. The van der Waals surface area contributed by atoms with E-state index in [4.69, 9.17) is 17.3 Å². The van der Waals surface area contributed by atoms with Gasteiger partial charge in [-0.05, 0) is 49.1 Å². The number of halogens is 1. The van der Waals surface area contributed by atoms with Gasteiger partial charge in [0.05, 0.1) is 5.02 Å². The summed E-state index contributed by atoms with van der Waals surface area (Å²) in [6, 6.07) is 6.24. The zero-order valence-corrected chi connectivity index (χ0v) is 10.3. The number of nitrogens with two attached hydrogens (primary N) is 1. The Morgan fingerprint density at radius 3 is 3.13 bits per heavy atom. The Hall–Kier alpha value is -0.180. The van der Waals surface area contributed by atoms with Crippen LogP contribution in [-0.2, 0) is 0 Å². The highest BCUT2D eigenvalue weighted by Crippen LogP contribution is 2.41. The lowest BCUT2D eigenvalue weighted by Crippen LogP contribution is -2.07. The van der Waals surface area contributed by atoms with Crippen LogP contribution in [0.3, 0.4) is 0 Å². The van der Waals surface area contributed by atoms with E-state index in [0.717, 1.165) is 18.0 Å². The maximum absolute atomic E-state index is 6.23. The summed E-state index contributed by atoms with van der Waals surface area (Å²) in [4.78, 5) is 1.29. The number of hydrogen-bond donors (Lipinski definition) is 1. The molecular weight excluding hydrogens is 226 g/mol. The van der Waals surface area contributed by atoms with Gasteiger partial charge in [-0.15, -0.1) is 11.8 Å². The Bertz CT molecular complexity index is 340. The summed E-state index contributed by atoms with van der Waals surface area (Å²) < 4.78 is 0. The lowest BCUT2D eigenvalue weighted by atomic mass is 9.91. The lowest BCUT2D eigenvalue weighted by molar-refractivity contribution is 0.576. The fourth-order valence-electron chi connectivity index (χ4n) is 2.16. The minimum Gasteiger partial charge on any atom is -0.330 e. The summed E-state index contributed by atoms with van der Waals surface area (Å²) >= 11 is 8.12. The summed E-state index contributed by atoms with van der Waals surface area (Å²) in [6.45, 7) is 0.765. The van der Waals surface area contributed by atoms with Gasteiger partial charge in [-0.1, -0.05) is 23.7 Å². The maximum Gasteiger partial charge on any atom is 0.0544 e. The molecule has 0 amide bonds. The van der Waals surface area contributed by atoms with Crippen LogP contribution in [0.5, 0.6) is 0 Å². The van der Waals surface area contributed by atoms with Gasteiger partial charge in [-0.25, -0.2) is 0 Å². The van der Waals surface area contributed by atoms with E-state index >= 15 is 0 Å². The van der Waals surface area contributed by atoms with Crippen LogP contribution >= 0.6 is 23.4 Å². The SMILES string of the molecule is NCCC1CCCSc2c(Cl)cccc21. The molecular formula is C12H16ClNS. The second kappa shape index (κ2) is 5.24. The van der Waals surface area contributed by atoms with Crippen LogP contribution < -0.4 is 5.73 Å². The minimum absolute atomic E-state index is 0.610. The van der Waals surface area contributed by atoms with Crippen LogP contribution in [0.15, 0.2) is 23.1 Å². The van der Waals surface area contributed by atoms with Crippen LogP contribution in [0.2, 0.25) is 5.02 Å². The summed E-state index contributed by atoms with van der Waals surface area (Å²) in [6.07, 6.45) is 3.59. The smallest absolute Gasteiger partial charge is 0.0544 e. The topological polar surface area (TPSA) is 26.0 Å². The monoisotopic (exact) mass is 241 g/mol. The predicted molar refractivity (Wildman–Crippen MR) is 67.8 cm³/mol. The second-order valence-electron chi connectivity index (χ2n) is 3.92. The highest BCUT2D eigenvalue weighted by Gasteiger charge is 2.19. The Kier molecular flexibility index (Phi) is 3.95. The van der Waals surface area contributed by atoms with Gasteiger partial charge < -0.3 is 5.73 Å². The molecule has 2 N–H and O–H groups in total. The van der Waals surface area contributed by atoms with Gasteiger partial charge >= 0.3 is 0 Å². The van der Waals surface area contributed by atoms with Crippen LogP contribution in [0.1, 0.15) is 30.7 Å². The maximum atomic E-state index is 6.23. The molecule has 1 aromatic rings. The molecule has 0 radical (unpaired) electrons. The van der Waals surface area contributed by atoms with Gasteiger partial charge in [0.2, 0.25) is 0 Å². The molecule has 1 atom stereocenters. The molecule has 3 heteroatoms. The third kappa shape index (κ3) is 2.49. The van der Waals surface area contributed by atoms with Crippen LogP contribution in [0, 0.1) is 0 Å². The van der Waals surface area contributed by atoms with Crippen LogP contribution in [0.25, 0.3) is 0 Å². The van der Waals surface area contributed by atoms with E-state index in [9.17, 15) is 0 Å². The second-order valence-corrected chi connectivity index (χ2v) is 5.44. The van der Waals surface area contributed by atoms with Crippen molar-refractivity contribution < 1.29 is 0 Å². The van der Waals surface area contributed by atoms with Gasteiger partial charge in [-0.3, -0.25) is 0 Å². The summed E-state index contributed by atoms with van der Waals surface area (Å²) in [5.41, 5.74) is 7.08. The van der Waals surface area contributed by atoms with Crippen molar-refractivity contribution in [2.45, 2.75) is 30.1 Å². The number of fused-ring (bicyclic) bond motifs is 1. The van der Waals surface area contributed by atoms with Crippen LogP contribution in [0.4, 0.5) is 0 Å².